The summed E-state index contributed by atoms with van der Waals surface area (Å²) in [7, 11) is 0. The van der Waals surface area contributed by atoms with Crippen LogP contribution < -0.4 is 32.3 Å². The Kier molecular flexibility index (Phi) is 16.5. The number of carbonyl (C=O) groups excluding carboxylic acids is 5. The normalized spacial score (nSPS) is 16.3. The lowest BCUT2D eigenvalue weighted by Crippen LogP contribution is -2.47. The summed E-state index contributed by atoms with van der Waals surface area (Å²) in [6.07, 6.45) is -1.68. The number of nitrogens with two attached hydrogens (primary N) is 1. The molecular weight excluding hydrogens is 772 g/mol. The number of hydrogen-bond acceptors (Lipinski definition) is 13. The van der Waals surface area contributed by atoms with Crippen LogP contribution in [0.1, 0.15) is 73.7 Å². The van der Waals surface area contributed by atoms with Crippen molar-refractivity contribution in [3.05, 3.63) is 47.2 Å². The number of guanidine groups is 1. The van der Waals surface area contributed by atoms with Gasteiger partial charge in [-0.25, -0.2) is 24.2 Å². The minimum atomic E-state index is -1.66. The first-order chi connectivity index (χ1) is 27.3. The Hall–Kier alpha value is -7.20. The standard InChI is InChI=1S/C35H42N8O15/c36-35-42-28-27(30(50)43-35)18(15-37-28)6-3-16-1-4-17(5-2-16)29(49)41-22(34(57)58)9-13-25(46)39-20(32(53)54)7-11-23(44)38-19(31(51)52)8-12-24(45)40-21(33(55)56)10-14-26(47)48/h1-2,4-5,15,19-22,27H,3,6-14H2,(H,38,44)(H,39,46)(H,40,45)(H,41,49)(H,47,48)(H,51,52)(H,53,54)(H,55,56)(H,57,58)(H3,36,37,42,43,50)/t19-,20+,21+,22-,27?/m1/s1. The van der Waals surface area contributed by atoms with Crippen LogP contribution >= 0.6 is 0 Å². The lowest BCUT2D eigenvalue weighted by molar-refractivity contribution is -0.144. The van der Waals surface area contributed by atoms with Crippen molar-refractivity contribution in [1.29, 1.82) is 0 Å². The maximum absolute atomic E-state index is 12.8. The van der Waals surface area contributed by atoms with E-state index in [1.54, 1.807) is 18.3 Å². The summed E-state index contributed by atoms with van der Waals surface area (Å²) >= 11 is 0. The average molecular weight is 815 g/mol. The monoisotopic (exact) mass is 814 g/mol. The number of nitrogens with zero attached hydrogens (tertiary/aromatic N) is 2. The second-order valence-electron chi connectivity index (χ2n) is 13.1. The molecule has 3 rings (SSSR count). The van der Waals surface area contributed by atoms with Crippen LogP contribution in [-0.4, -0.2) is 121 Å². The molecule has 0 saturated heterocycles. The van der Waals surface area contributed by atoms with Crippen LogP contribution in [0, 0.1) is 5.92 Å². The number of carboxylic acids is 5. The van der Waals surface area contributed by atoms with Gasteiger partial charge in [-0.15, -0.1) is 0 Å². The van der Waals surface area contributed by atoms with Crippen LogP contribution in [0.3, 0.4) is 0 Å². The number of benzene rings is 1. The van der Waals surface area contributed by atoms with Crippen molar-refractivity contribution in [3.8, 4) is 0 Å². The first-order valence-electron chi connectivity index (χ1n) is 17.7. The number of carboxylic acid groups (broad SMARTS) is 5. The number of aliphatic carboxylic acids is 5. The van der Waals surface area contributed by atoms with Gasteiger partial charge in [0.15, 0.2) is 0 Å². The van der Waals surface area contributed by atoms with Gasteiger partial charge in [0.25, 0.3) is 5.91 Å². The number of nitrogens with one attached hydrogen (secondary N) is 5. The van der Waals surface area contributed by atoms with Gasteiger partial charge in [-0.1, -0.05) is 12.1 Å². The lowest BCUT2D eigenvalue weighted by Gasteiger charge is -2.19. The largest absolute Gasteiger partial charge is 0.481 e. The van der Waals surface area contributed by atoms with E-state index in [1.165, 1.54) is 12.1 Å². The van der Waals surface area contributed by atoms with Crippen LogP contribution in [-0.2, 0) is 49.6 Å². The molecule has 0 fully saturated rings. The number of carbonyl (C=O) groups is 10. The topological polar surface area (TPSA) is 383 Å². The Labute approximate surface area is 328 Å². The van der Waals surface area contributed by atoms with Gasteiger partial charge in [0.1, 0.15) is 35.9 Å². The lowest BCUT2D eigenvalue weighted by atomic mass is 9.93. The molecule has 1 unspecified atom stereocenters. The van der Waals surface area contributed by atoms with Crippen molar-refractivity contribution in [2.75, 3.05) is 0 Å². The zero-order valence-electron chi connectivity index (χ0n) is 30.6. The molecule has 1 aromatic rings. The molecule has 1 aromatic carbocycles. The number of hydrogen-bond donors (Lipinski definition) is 11. The Morgan fingerprint density at radius 2 is 1.07 bits per heavy atom. The number of amides is 5. The Morgan fingerprint density at radius 1 is 0.638 bits per heavy atom. The molecule has 0 aliphatic carbocycles. The minimum absolute atomic E-state index is 0.0357. The van der Waals surface area contributed by atoms with Crippen molar-refractivity contribution in [2.45, 2.75) is 88.4 Å². The van der Waals surface area contributed by atoms with Crippen molar-refractivity contribution >= 4 is 71.2 Å². The van der Waals surface area contributed by atoms with E-state index in [-0.39, 0.29) is 17.4 Å². The highest BCUT2D eigenvalue weighted by Crippen LogP contribution is 2.27. The third kappa shape index (κ3) is 14.1. The molecule has 0 spiro atoms. The summed E-state index contributed by atoms with van der Waals surface area (Å²) in [5, 5.41) is 57.7. The van der Waals surface area contributed by atoms with Crippen LogP contribution in [0.5, 0.6) is 0 Å². The maximum atomic E-state index is 12.8. The predicted octanol–water partition coefficient (Wildman–Crippen LogP) is -1.93. The first-order valence-corrected chi connectivity index (χ1v) is 17.7. The fourth-order valence-electron chi connectivity index (χ4n) is 5.68. The summed E-state index contributed by atoms with van der Waals surface area (Å²) in [4.78, 5) is 128. The molecule has 312 valence electrons. The number of rotatable bonds is 24. The maximum Gasteiger partial charge on any atom is 0.326 e. The molecule has 2 aliphatic rings. The Morgan fingerprint density at radius 3 is 1.50 bits per heavy atom. The smallest absolute Gasteiger partial charge is 0.326 e. The highest BCUT2D eigenvalue weighted by atomic mass is 16.4. The number of aliphatic imine (C=N–C) groups is 2. The summed E-state index contributed by atoms with van der Waals surface area (Å²) in [5.41, 5.74) is 7.21. The fraction of sp³-hybridized carbons (Fsp3) is 0.429. The average Bonchev–Trinajstić information content (AvgIpc) is 3.56. The van der Waals surface area contributed by atoms with Crippen molar-refractivity contribution in [2.24, 2.45) is 21.6 Å². The molecule has 0 aromatic heterocycles. The van der Waals surface area contributed by atoms with E-state index in [9.17, 15) is 63.3 Å². The second-order valence-corrected chi connectivity index (χ2v) is 13.1. The van der Waals surface area contributed by atoms with E-state index < -0.39 is 135 Å². The highest BCUT2D eigenvalue weighted by molar-refractivity contribution is 6.19. The molecule has 0 bridgehead atoms. The summed E-state index contributed by atoms with van der Waals surface area (Å²) in [6, 6.07) is -0.189. The molecule has 23 nitrogen and oxygen atoms in total. The van der Waals surface area contributed by atoms with Crippen LogP contribution in [0.15, 0.2) is 46.0 Å². The third-order valence-electron chi connectivity index (χ3n) is 8.79. The van der Waals surface area contributed by atoms with Crippen LogP contribution in [0.2, 0.25) is 0 Å². The second kappa shape index (κ2) is 21.2. The molecule has 12 N–H and O–H groups in total. The summed E-state index contributed by atoms with van der Waals surface area (Å²) < 4.78 is 0. The zero-order chi connectivity index (χ0) is 43.1. The van der Waals surface area contributed by atoms with Crippen molar-refractivity contribution in [3.63, 3.8) is 0 Å². The highest BCUT2D eigenvalue weighted by Gasteiger charge is 2.35. The first kappa shape index (κ1) is 45.2. The summed E-state index contributed by atoms with van der Waals surface area (Å²) in [6.45, 7) is 0. The third-order valence-corrected chi connectivity index (χ3v) is 8.79. The van der Waals surface area contributed by atoms with Crippen molar-refractivity contribution < 1.29 is 73.5 Å². The molecule has 58 heavy (non-hydrogen) atoms. The molecule has 5 atom stereocenters. The molecule has 5 amide bonds. The predicted molar refractivity (Wildman–Crippen MR) is 196 cm³/mol. The quantitative estimate of drug-likeness (QED) is 0.0541. The van der Waals surface area contributed by atoms with Gasteiger partial charge in [0, 0.05) is 37.4 Å². The van der Waals surface area contributed by atoms with Crippen LogP contribution in [0.4, 0.5) is 0 Å². The van der Waals surface area contributed by atoms with E-state index in [0.29, 0.717) is 18.7 Å². The Balaban J connectivity index is 1.44. The summed E-state index contributed by atoms with van der Waals surface area (Å²) in [5.74, 6) is -11.7. The SMILES string of the molecule is NC1=NC2=NC=C(CCc3ccc(C(=O)N[C@H](CCC(=O)N[C@@H](CCC(=O)N[C@H](CCC(=O)N[C@@H](CCC(=O)O)C(=O)O)C(=O)O)C(=O)O)C(=O)O)cc3)C2C(=O)N1. The number of fused-ring (bicyclic) bond motifs is 1. The number of amidine groups is 1. The van der Waals surface area contributed by atoms with Gasteiger partial charge in [0.05, 0.1) is 0 Å². The fourth-order valence-corrected chi connectivity index (χ4v) is 5.68. The van der Waals surface area contributed by atoms with Gasteiger partial charge in [-0.3, -0.25) is 34.1 Å². The van der Waals surface area contributed by atoms with E-state index in [2.05, 4.69) is 36.6 Å². The zero-order valence-corrected chi connectivity index (χ0v) is 30.6. The molecule has 0 radical (unpaired) electrons. The Bertz CT molecular complexity index is 1910. The van der Waals surface area contributed by atoms with Crippen molar-refractivity contribution in [1.82, 2.24) is 26.6 Å². The minimum Gasteiger partial charge on any atom is -0.481 e. The van der Waals surface area contributed by atoms with E-state index in [1.807, 2.05) is 0 Å². The van der Waals surface area contributed by atoms with Crippen LogP contribution in [0.25, 0.3) is 0 Å². The van der Waals surface area contributed by atoms with E-state index in [4.69, 9.17) is 15.9 Å². The molecule has 2 heterocycles. The van der Waals surface area contributed by atoms with E-state index >= 15 is 0 Å². The molecule has 0 saturated carbocycles. The van der Waals surface area contributed by atoms with Gasteiger partial charge in [-0.2, -0.15) is 4.99 Å². The van der Waals surface area contributed by atoms with Gasteiger partial charge < -0.3 is 52.5 Å². The van der Waals surface area contributed by atoms with Gasteiger partial charge in [0.2, 0.25) is 29.6 Å². The van der Waals surface area contributed by atoms with Gasteiger partial charge >= 0.3 is 29.8 Å². The molecule has 2 aliphatic heterocycles. The van der Waals surface area contributed by atoms with E-state index in [0.717, 1.165) is 11.1 Å². The van der Waals surface area contributed by atoms with Gasteiger partial charge in [-0.05, 0) is 61.8 Å². The molecule has 23 heteroatoms. The number of aryl methyl sites for hydroxylation is 1. The molecular formula is C35H42N8O15.